The van der Waals surface area contributed by atoms with Gasteiger partial charge in [0, 0.05) is 5.56 Å². The predicted octanol–water partition coefficient (Wildman–Crippen LogP) is 0.473. The Hall–Kier alpha value is -1.04. The third-order valence-electron chi connectivity index (χ3n) is 2.52. The number of alkyl halides is 2. The van der Waals surface area contributed by atoms with E-state index in [2.05, 4.69) is 0 Å². The van der Waals surface area contributed by atoms with Gasteiger partial charge in [-0.3, -0.25) is 5.73 Å². The topological polar surface area (TPSA) is 66.5 Å². The van der Waals surface area contributed by atoms with E-state index < -0.39 is 17.8 Å². The smallest absolute Gasteiger partial charge is 0.322 e. The van der Waals surface area contributed by atoms with Crippen LogP contribution in [-0.4, -0.2) is 16.1 Å². The molecule has 1 aromatic rings. The molecule has 1 aliphatic rings. The van der Waals surface area contributed by atoms with Gasteiger partial charge in [0.1, 0.15) is 6.10 Å². The van der Waals surface area contributed by atoms with Gasteiger partial charge in [-0.1, -0.05) is 24.3 Å². The summed E-state index contributed by atoms with van der Waals surface area (Å²) in [6.45, 7) is 0. The zero-order valence-electron chi connectivity index (χ0n) is 7.11. The summed E-state index contributed by atoms with van der Waals surface area (Å²) in [5.41, 5.74) is 2.16. The summed E-state index contributed by atoms with van der Waals surface area (Å²) < 4.78 is 26.6. The molecule has 14 heavy (non-hydrogen) atoms. The Labute approximate surface area is 78.8 Å². The van der Waals surface area contributed by atoms with Crippen molar-refractivity contribution in [2.75, 3.05) is 0 Å². The van der Waals surface area contributed by atoms with Crippen molar-refractivity contribution < 1.29 is 19.0 Å². The number of fused-ring (bicyclic) bond motifs is 1. The molecule has 0 fully saturated rings. The first-order valence-corrected chi connectivity index (χ1v) is 4.05. The van der Waals surface area contributed by atoms with E-state index in [0.29, 0.717) is 0 Å². The van der Waals surface area contributed by atoms with Gasteiger partial charge in [0.25, 0.3) is 0 Å². The van der Waals surface area contributed by atoms with E-state index in [1.165, 1.54) is 24.3 Å². The van der Waals surface area contributed by atoms with Crippen molar-refractivity contribution in [3.63, 3.8) is 0 Å². The Kier molecular flexibility index (Phi) is 1.70. The average Bonchev–Trinajstić information content (AvgIpc) is 2.27. The molecule has 2 unspecified atom stereocenters. The standard InChI is InChI=1S/C9H9F2NO2/c10-8(11)7(13)5-3-1-2-4-6(5)9(8,12)14/h1-4,7,13-14H,12H2. The second-order valence-electron chi connectivity index (χ2n) is 3.38. The minimum absolute atomic E-state index is 0.0255. The van der Waals surface area contributed by atoms with Gasteiger partial charge in [-0.15, -0.1) is 0 Å². The van der Waals surface area contributed by atoms with E-state index in [9.17, 15) is 19.0 Å². The largest absolute Gasteiger partial charge is 0.382 e. The SMILES string of the molecule is NC1(O)c2ccccc2C(O)C1(F)F. The summed E-state index contributed by atoms with van der Waals surface area (Å²) in [5, 5.41) is 18.7. The molecule has 0 saturated heterocycles. The van der Waals surface area contributed by atoms with Crippen LogP contribution < -0.4 is 5.73 Å². The van der Waals surface area contributed by atoms with Gasteiger partial charge < -0.3 is 10.2 Å². The molecule has 0 saturated carbocycles. The lowest BCUT2D eigenvalue weighted by Crippen LogP contribution is -2.51. The normalized spacial score (nSPS) is 34.2. The summed E-state index contributed by atoms with van der Waals surface area (Å²) in [5.74, 6) is -3.75. The maximum Gasteiger partial charge on any atom is 0.322 e. The fraction of sp³-hybridized carbons (Fsp3) is 0.333. The van der Waals surface area contributed by atoms with E-state index in [4.69, 9.17) is 5.73 Å². The number of aliphatic hydroxyl groups is 2. The number of hydrogen-bond acceptors (Lipinski definition) is 3. The number of benzene rings is 1. The summed E-state index contributed by atoms with van der Waals surface area (Å²) in [6, 6.07) is 5.57. The number of aliphatic hydroxyl groups excluding tert-OH is 1. The third kappa shape index (κ3) is 0.890. The van der Waals surface area contributed by atoms with Crippen LogP contribution in [0.4, 0.5) is 8.78 Å². The second-order valence-corrected chi connectivity index (χ2v) is 3.38. The summed E-state index contributed by atoms with van der Waals surface area (Å²) in [6.07, 6.45) is -2.05. The highest BCUT2D eigenvalue weighted by atomic mass is 19.3. The first kappa shape index (κ1) is 9.51. The zero-order valence-corrected chi connectivity index (χ0v) is 7.11. The maximum atomic E-state index is 13.3. The lowest BCUT2D eigenvalue weighted by atomic mass is 10.0. The molecule has 1 aliphatic carbocycles. The molecule has 2 atom stereocenters. The van der Waals surface area contributed by atoms with Crippen molar-refractivity contribution in [3.05, 3.63) is 35.4 Å². The van der Waals surface area contributed by atoms with Crippen LogP contribution in [0.25, 0.3) is 0 Å². The minimum atomic E-state index is -3.75. The number of halogens is 2. The van der Waals surface area contributed by atoms with Crippen LogP contribution in [0, 0.1) is 0 Å². The lowest BCUT2D eigenvalue weighted by molar-refractivity contribution is -0.221. The molecule has 0 aromatic heterocycles. The van der Waals surface area contributed by atoms with Crippen molar-refractivity contribution >= 4 is 0 Å². The number of nitrogens with two attached hydrogens (primary N) is 1. The Morgan fingerprint density at radius 1 is 1.29 bits per heavy atom. The molecule has 0 aliphatic heterocycles. The van der Waals surface area contributed by atoms with Gasteiger partial charge in [-0.25, -0.2) is 0 Å². The average molecular weight is 201 g/mol. The van der Waals surface area contributed by atoms with Crippen LogP contribution >= 0.6 is 0 Å². The molecule has 3 nitrogen and oxygen atoms in total. The predicted molar refractivity (Wildman–Crippen MR) is 44.4 cm³/mol. The monoisotopic (exact) mass is 201 g/mol. The Morgan fingerprint density at radius 3 is 2.43 bits per heavy atom. The van der Waals surface area contributed by atoms with Crippen LogP contribution in [0.15, 0.2) is 24.3 Å². The molecule has 0 spiro atoms. The molecule has 0 bridgehead atoms. The zero-order chi connectivity index (χ0) is 10.6. The van der Waals surface area contributed by atoms with Crippen molar-refractivity contribution in [2.45, 2.75) is 17.8 Å². The van der Waals surface area contributed by atoms with Gasteiger partial charge >= 0.3 is 5.92 Å². The van der Waals surface area contributed by atoms with Gasteiger partial charge in [0.05, 0.1) is 0 Å². The first-order chi connectivity index (χ1) is 6.39. The second kappa shape index (κ2) is 2.50. The summed E-state index contributed by atoms with van der Waals surface area (Å²) >= 11 is 0. The van der Waals surface area contributed by atoms with Gasteiger partial charge in [-0.2, -0.15) is 8.78 Å². The Balaban J connectivity index is 2.68. The molecule has 5 heteroatoms. The molecule has 4 N–H and O–H groups in total. The molecular weight excluding hydrogens is 192 g/mol. The summed E-state index contributed by atoms with van der Waals surface area (Å²) in [4.78, 5) is 0. The molecular formula is C9H9F2NO2. The van der Waals surface area contributed by atoms with Gasteiger partial charge in [-0.05, 0) is 5.56 Å². The van der Waals surface area contributed by atoms with E-state index in [1.54, 1.807) is 0 Å². The number of hydrogen-bond donors (Lipinski definition) is 3. The minimum Gasteiger partial charge on any atom is -0.382 e. The fourth-order valence-electron chi connectivity index (χ4n) is 1.67. The van der Waals surface area contributed by atoms with Crippen LogP contribution in [0.1, 0.15) is 17.2 Å². The quantitative estimate of drug-likeness (QED) is 0.534. The highest BCUT2D eigenvalue weighted by Gasteiger charge is 2.63. The van der Waals surface area contributed by atoms with Crippen molar-refractivity contribution in [1.82, 2.24) is 0 Å². The summed E-state index contributed by atoms with van der Waals surface area (Å²) in [7, 11) is 0. The fourth-order valence-corrected chi connectivity index (χ4v) is 1.67. The van der Waals surface area contributed by atoms with Crippen molar-refractivity contribution in [2.24, 2.45) is 5.73 Å². The van der Waals surface area contributed by atoms with E-state index in [1.807, 2.05) is 0 Å². The van der Waals surface area contributed by atoms with Crippen LogP contribution in [-0.2, 0) is 5.72 Å². The van der Waals surface area contributed by atoms with Crippen LogP contribution in [0.3, 0.4) is 0 Å². The Bertz CT molecular complexity index is 379. The molecule has 0 radical (unpaired) electrons. The molecule has 0 heterocycles. The van der Waals surface area contributed by atoms with Crippen molar-refractivity contribution in [1.29, 1.82) is 0 Å². The maximum absolute atomic E-state index is 13.3. The van der Waals surface area contributed by atoms with Crippen LogP contribution in [0.5, 0.6) is 0 Å². The van der Waals surface area contributed by atoms with Crippen molar-refractivity contribution in [3.8, 4) is 0 Å². The van der Waals surface area contributed by atoms with E-state index in [-0.39, 0.29) is 11.1 Å². The van der Waals surface area contributed by atoms with Crippen LogP contribution in [0.2, 0.25) is 0 Å². The molecule has 1 aromatic carbocycles. The van der Waals surface area contributed by atoms with E-state index >= 15 is 0 Å². The van der Waals surface area contributed by atoms with E-state index in [0.717, 1.165) is 0 Å². The Morgan fingerprint density at radius 2 is 1.86 bits per heavy atom. The third-order valence-corrected chi connectivity index (χ3v) is 2.52. The molecule has 76 valence electrons. The first-order valence-electron chi connectivity index (χ1n) is 4.05. The molecule has 0 amide bonds. The van der Waals surface area contributed by atoms with Gasteiger partial charge in [0.2, 0.25) is 5.72 Å². The molecule has 2 rings (SSSR count). The highest BCUT2D eigenvalue weighted by Crippen LogP contribution is 2.51. The lowest BCUT2D eigenvalue weighted by Gasteiger charge is -2.27. The number of rotatable bonds is 0. The highest BCUT2D eigenvalue weighted by molar-refractivity contribution is 5.42. The van der Waals surface area contributed by atoms with Gasteiger partial charge in [0.15, 0.2) is 0 Å².